The second kappa shape index (κ2) is 10.8. The average molecular weight is 368 g/mol. The number of nitrogens with one attached hydrogen (secondary N) is 2. The van der Waals surface area contributed by atoms with Crippen LogP contribution in [0.15, 0.2) is 53.8 Å². The molecule has 1 amide bonds. The Kier molecular flexibility index (Phi) is 8.09. The van der Waals surface area contributed by atoms with Crippen LogP contribution in [-0.2, 0) is 22.6 Å². The molecule has 0 saturated heterocycles. The third-order valence-corrected chi connectivity index (χ3v) is 4.16. The maximum atomic E-state index is 12.2. The maximum Gasteiger partial charge on any atom is 0.305 e. The zero-order valence-electron chi connectivity index (χ0n) is 15.1. The second-order valence-electron chi connectivity index (χ2n) is 6.31. The first-order valence-corrected chi connectivity index (χ1v) is 8.91. The smallest absolute Gasteiger partial charge is 0.305 e. The van der Waals surface area contributed by atoms with Gasteiger partial charge >= 0.3 is 5.97 Å². The summed E-state index contributed by atoms with van der Waals surface area (Å²) in [6, 6.07) is 12.6. The van der Waals surface area contributed by atoms with E-state index in [1.807, 2.05) is 24.3 Å². The maximum absolute atomic E-state index is 12.2. The lowest BCUT2D eigenvalue weighted by atomic mass is 10.0. The fraction of sp³-hybridized carbons (Fsp3) is 0.350. The van der Waals surface area contributed by atoms with E-state index in [0.717, 1.165) is 24.8 Å². The predicted molar refractivity (Wildman–Crippen MR) is 100 cm³/mol. The lowest BCUT2D eigenvalue weighted by molar-refractivity contribution is -0.137. The fourth-order valence-electron chi connectivity index (χ4n) is 2.77. The topological polar surface area (TPSA) is 116 Å². The van der Waals surface area contributed by atoms with Crippen molar-refractivity contribution >= 4 is 11.9 Å². The molecule has 2 rings (SSSR count). The standard InChI is InChI=1S/C20H24N4O3/c21-23-14-16-10-8-15(9-11-16)5-1-2-7-19(25)24-18(13-20(26)27)17-6-3-4-12-22-17/h3-4,6,8-12,18,21H,1-2,5,7,13-14H2,(H,24,25)(H,26,27). The van der Waals surface area contributed by atoms with E-state index in [9.17, 15) is 9.59 Å². The number of carbonyl (C=O) groups excluding carboxylic acids is 1. The van der Waals surface area contributed by atoms with Crippen LogP contribution in [0.3, 0.4) is 0 Å². The first-order valence-electron chi connectivity index (χ1n) is 8.91. The lowest BCUT2D eigenvalue weighted by Crippen LogP contribution is -2.30. The summed E-state index contributed by atoms with van der Waals surface area (Å²) < 4.78 is 0. The van der Waals surface area contributed by atoms with E-state index in [-0.39, 0.29) is 12.3 Å². The van der Waals surface area contributed by atoms with Crippen LogP contribution in [0.25, 0.3) is 0 Å². The summed E-state index contributed by atoms with van der Waals surface area (Å²) in [7, 11) is 0. The Morgan fingerprint density at radius 3 is 2.48 bits per heavy atom. The molecule has 7 nitrogen and oxygen atoms in total. The van der Waals surface area contributed by atoms with Crippen molar-refractivity contribution < 1.29 is 14.7 Å². The van der Waals surface area contributed by atoms with Gasteiger partial charge in [-0.1, -0.05) is 30.3 Å². The van der Waals surface area contributed by atoms with Crippen LogP contribution in [-0.4, -0.2) is 22.0 Å². The molecule has 0 bridgehead atoms. The van der Waals surface area contributed by atoms with E-state index >= 15 is 0 Å². The van der Waals surface area contributed by atoms with Gasteiger partial charge in [0, 0.05) is 12.6 Å². The number of hydrogen-bond donors (Lipinski definition) is 3. The summed E-state index contributed by atoms with van der Waals surface area (Å²) in [5.74, 6) is -1.15. The summed E-state index contributed by atoms with van der Waals surface area (Å²) >= 11 is 0. The van der Waals surface area contributed by atoms with Gasteiger partial charge in [0.05, 0.1) is 24.7 Å². The molecule has 1 atom stereocenters. The molecule has 0 radical (unpaired) electrons. The highest BCUT2D eigenvalue weighted by molar-refractivity contribution is 5.77. The Labute approximate surface area is 158 Å². The van der Waals surface area contributed by atoms with Crippen molar-refractivity contribution in [1.82, 2.24) is 10.3 Å². The van der Waals surface area contributed by atoms with Crippen LogP contribution in [0.5, 0.6) is 0 Å². The third kappa shape index (κ3) is 7.35. The minimum Gasteiger partial charge on any atom is -0.481 e. The van der Waals surface area contributed by atoms with Crippen LogP contribution in [0.4, 0.5) is 0 Å². The lowest BCUT2D eigenvalue weighted by Gasteiger charge is -2.16. The number of nitrogens with zero attached hydrogens (tertiary/aromatic N) is 2. The molecule has 2 aromatic rings. The van der Waals surface area contributed by atoms with Crippen LogP contribution in [0.2, 0.25) is 0 Å². The van der Waals surface area contributed by atoms with Crippen molar-refractivity contribution in [2.75, 3.05) is 0 Å². The number of amides is 1. The van der Waals surface area contributed by atoms with Gasteiger partial charge in [0.1, 0.15) is 0 Å². The van der Waals surface area contributed by atoms with Crippen LogP contribution in [0.1, 0.15) is 48.5 Å². The highest BCUT2D eigenvalue weighted by atomic mass is 16.4. The van der Waals surface area contributed by atoms with E-state index in [1.54, 1.807) is 24.4 Å². The molecule has 0 saturated carbocycles. The monoisotopic (exact) mass is 368 g/mol. The number of carboxylic acids is 1. The molecule has 3 N–H and O–H groups in total. The molecule has 0 aliphatic rings. The Morgan fingerprint density at radius 2 is 1.85 bits per heavy atom. The van der Waals surface area contributed by atoms with Crippen LogP contribution in [0, 0.1) is 5.53 Å². The largest absolute Gasteiger partial charge is 0.481 e. The van der Waals surface area contributed by atoms with Gasteiger partial charge in [0.2, 0.25) is 5.91 Å². The third-order valence-electron chi connectivity index (χ3n) is 4.16. The number of rotatable bonds is 11. The highest BCUT2D eigenvalue weighted by Gasteiger charge is 2.18. The minimum atomic E-state index is -0.979. The molecule has 1 aromatic carbocycles. The van der Waals surface area contributed by atoms with E-state index in [0.29, 0.717) is 18.7 Å². The zero-order valence-corrected chi connectivity index (χ0v) is 15.1. The molecule has 7 heteroatoms. The van der Waals surface area contributed by atoms with Gasteiger partial charge in [-0.2, -0.15) is 5.11 Å². The molecule has 1 aromatic heterocycles. The van der Waals surface area contributed by atoms with Gasteiger partial charge in [-0.25, -0.2) is 5.53 Å². The molecule has 27 heavy (non-hydrogen) atoms. The number of carbonyl (C=O) groups is 2. The number of hydrogen-bond acceptors (Lipinski definition) is 5. The summed E-state index contributed by atoms with van der Waals surface area (Å²) in [6.07, 6.45) is 4.18. The van der Waals surface area contributed by atoms with E-state index < -0.39 is 12.0 Å². The number of aromatic nitrogens is 1. The minimum absolute atomic E-state index is 0.167. The van der Waals surface area contributed by atoms with Gasteiger partial charge in [-0.05, 0) is 42.5 Å². The molecular formula is C20H24N4O3. The summed E-state index contributed by atoms with van der Waals surface area (Å²) in [4.78, 5) is 27.4. The van der Waals surface area contributed by atoms with Crippen LogP contribution < -0.4 is 5.32 Å². The number of carboxylic acid groups (broad SMARTS) is 1. The Balaban J connectivity index is 1.76. The molecule has 0 fully saturated rings. The average Bonchev–Trinajstić information content (AvgIpc) is 2.66. The van der Waals surface area contributed by atoms with Gasteiger partial charge in [0.25, 0.3) is 0 Å². The number of pyridine rings is 1. The van der Waals surface area contributed by atoms with E-state index in [2.05, 4.69) is 15.4 Å². The summed E-state index contributed by atoms with van der Waals surface area (Å²) in [6.45, 7) is 0.397. The van der Waals surface area contributed by atoms with Crippen molar-refractivity contribution in [2.24, 2.45) is 5.11 Å². The van der Waals surface area contributed by atoms with E-state index in [1.165, 1.54) is 5.56 Å². The van der Waals surface area contributed by atoms with Crippen molar-refractivity contribution in [3.05, 3.63) is 65.5 Å². The molecule has 142 valence electrons. The molecule has 0 spiro atoms. The SMILES string of the molecule is N=NCc1ccc(CCCCC(=O)NC(CC(=O)O)c2ccccn2)cc1. The fourth-order valence-corrected chi connectivity index (χ4v) is 2.77. The van der Waals surface area contributed by atoms with Gasteiger partial charge in [-0.15, -0.1) is 0 Å². The molecule has 1 unspecified atom stereocenters. The number of aliphatic carboxylic acids is 1. The Bertz CT molecular complexity index is 748. The van der Waals surface area contributed by atoms with E-state index in [4.69, 9.17) is 10.6 Å². The number of unbranched alkanes of at least 4 members (excludes halogenated alkanes) is 1. The van der Waals surface area contributed by atoms with Crippen molar-refractivity contribution in [1.29, 1.82) is 5.53 Å². The molecule has 0 aliphatic heterocycles. The Hall–Kier alpha value is -3.09. The molecule has 1 heterocycles. The molecular weight excluding hydrogens is 344 g/mol. The quantitative estimate of drug-likeness (QED) is 0.414. The van der Waals surface area contributed by atoms with Crippen molar-refractivity contribution in [3.8, 4) is 0 Å². The first-order chi connectivity index (χ1) is 13.1. The van der Waals surface area contributed by atoms with Gasteiger partial charge < -0.3 is 10.4 Å². The van der Waals surface area contributed by atoms with Gasteiger partial charge in [0.15, 0.2) is 0 Å². The zero-order chi connectivity index (χ0) is 19.5. The highest BCUT2D eigenvalue weighted by Crippen LogP contribution is 2.15. The second-order valence-corrected chi connectivity index (χ2v) is 6.31. The normalized spacial score (nSPS) is 11.6. The van der Waals surface area contributed by atoms with Gasteiger partial charge in [-0.3, -0.25) is 14.6 Å². The first kappa shape index (κ1) is 20.2. The van der Waals surface area contributed by atoms with Crippen molar-refractivity contribution in [3.63, 3.8) is 0 Å². The number of aryl methyl sites for hydroxylation is 1. The summed E-state index contributed by atoms with van der Waals surface area (Å²) in [5, 5.41) is 15.2. The predicted octanol–water partition coefficient (Wildman–Crippen LogP) is 3.66. The molecule has 0 aliphatic carbocycles. The Morgan fingerprint density at radius 1 is 1.11 bits per heavy atom. The summed E-state index contributed by atoms with van der Waals surface area (Å²) in [5.41, 5.74) is 9.60. The van der Waals surface area contributed by atoms with Crippen LogP contribution >= 0.6 is 0 Å². The van der Waals surface area contributed by atoms with Crippen molar-refractivity contribution in [2.45, 2.75) is 44.7 Å². The number of benzene rings is 1.